The highest BCUT2D eigenvalue weighted by Gasteiger charge is 2.47. The van der Waals surface area contributed by atoms with Crippen LogP contribution in [0.2, 0.25) is 0 Å². The van der Waals surface area contributed by atoms with Crippen molar-refractivity contribution >= 4 is 17.1 Å². The summed E-state index contributed by atoms with van der Waals surface area (Å²) in [4.78, 5) is 19.4. The lowest BCUT2D eigenvalue weighted by molar-refractivity contribution is 0.188. The maximum absolute atomic E-state index is 10.7. The highest BCUT2D eigenvalue weighted by atomic mass is 16.4. The zero-order valence-electron chi connectivity index (χ0n) is 9.05. The molecule has 1 aliphatic carbocycles. The molecular formula is C12H11N3O2. The molecule has 2 heterocycles. The summed E-state index contributed by atoms with van der Waals surface area (Å²) in [6.45, 7) is 0. The summed E-state index contributed by atoms with van der Waals surface area (Å²) in [6, 6.07) is 7.42. The number of fused-ring (bicyclic) bond motifs is 1. The Morgan fingerprint density at radius 3 is 2.82 bits per heavy atom. The van der Waals surface area contributed by atoms with E-state index >= 15 is 0 Å². The topological polar surface area (TPSA) is 75.1 Å². The van der Waals surface area contributed by atoms with Crippen molar-refractivity contribution in [2.45, 2.75) is 18.4 Å². The summed E-state index contributed by atoms with van der Waals surface area (Å²) in [6.07, 6.45) is 2.32. The summed E-state index contributed by atoms with van der Waals surface area (Å²) >= 11 is 0. The maximum atomic E-state index is 10.7. The summed E-state index contributed by atoms with van der Waals surface area (Å²) in [7, 11) is 0. The van der Waals surface area contributed by atoms with Crippen molar-refractivity contribution in [2.24, 2.45) is 0 Å². The fraction of sp³-hybridized carbons (Fsp3) is 0.250. The molecule has 1 amide bonds. The van der Waals surface area contributed by atoms with E-state index in [4.69, 9.17) is 5.11 Å². The number of amides is 1. The third kappa shape index (κ3) is 1.69. The predicted octanol–water partition coefficient (Wildman–Crippen LogP) is 1.89. The molecule has 0 saturated heterocycles. The number of aromatic nitrogens is 2. The highest BCUT2D eigenvalue weighted by Crippen LogP contribution is 2.44. The molecular weight excluding hydrogens is 218 g/mol. The number of hydrogen-bond acceptors (Lipinski definition) is 3. The van der Waals surface area contributed by atoms with E-state index in [2.05, 4.69) is 15.3 Å². The lowest BCUT2D eigenvalue weighted by atomic mass is 10.1. The van der Waals surface area contributed by atoms with Crippen molar-refractivity contribution in [1.82, 2.24) is 15.3 Å². The molecule has 1 saturated carbocycles. The van der Waals surface area contributed by atoms with Crippen molar-refractivity contribution in [3.63, 3.8) is 0 Å². The number of nitrogens with one attached hydrogen (secondary N) is 1. The fourth-order valence-electron chi connectivity index (χ4n) is 2.00. The Kier molecular flexibility index (Phi) is 2.01. The molecule has 0 unspecified atom stereocenters. The molecule has 5 heteroatoms. The number of pyridine rings is 2. The lowest BCUT2D eigenvalue weighted by Crippen LogP contribution is -2.34. The zero-order valence-corrected chi connectivity index (χ0v) is 9.05. The second-order valence-electron chi connectivity index (χ2n) is 4.25. The van der Waals surface area contributed by atoms with Gasteiger partial charge < -0.3 is 10.4 Å². The molecule has 0 aliphatic heterocycles. The third-order valence-corrected chi connectivity index (χ3v) is 3.04. The third-order valence-electron chi connectivity index (χ3n) is 3.04. The van der Waals surface area contributed by atoms with E-state index in [1.54, 1.807) is 6.20 Å². The number of nitrogens with zero attached hydrogens (tertiary/aromatic N) is 2. The average Bonchev–Trinajstić information content (AvgIpc) is 3.08. The molecule has 0 bridgehead atoms. The summed E-state index contributed by atoms with van der Waals surface area (Å²) in [5, 5.41) is 11.4. The van der Waals surface area contributed by atoms with E-state index in [9.17, 15) is 4.79 Å². The van der Waals surface area contributed by atoms with Gasteiger partial charge in [-0.1, -0.05) is 0 Å². The van der Waals surface area contributed by atoms with Crippen LogP contribution in [-0.2, 0) is 5.54 Å². The molecule has 0 atom stereocenters. The second kappa shape index (κ2) is 3.41. The zero-order chi connectivity index (χ0) is 11.9. The van der Waals surface area contributed by atoms with Crippen molar-refractivity contribution < 1.29 is 9.90 Å². The van der Waals surface area contributed by atoms with Crippen LogP contribution in [-0.4, -0.2) is 21.2 Å². The Hall–Kier alpha value is -2.17. The summed E-state index contributed by atoms with van der Waals surface area (Å²) < 4.78 is 0. The van der Waals surface area contributed by atoms with Crippen molar-refractivity contribution in [3.05, 3.63) is 36.2 Å². The molecule has 1 aliphatic rings. The molecule has 17 heavy (non-hydrogen) atoms. The Morgan fingerprint density at radius 2 is 2.12 bits per heavy atom. The molecule has 2 N–H and O–H groups in total. The van der Waals surface area contributed by atoms with Crippen LogP contribution in [0.25, 0.3) is 11.0 Å². The normalized spacial score (nSPS) is 16.7. The standard InChI is InChI=1S/C12H11N3O2/c16-11(17)15-12(5-6-12)10-4-3-8-9(14-10)2-1-7-13-8/h1-4,7,15H,5-6H2,(H,16,17). The van der Waals surface area contributed by atoms with Gasteiger partial charge in [0.15, 0.2) is 0 Å². The quantitative estimate of drug-likeness (QED) is 0.824. The van der Waals surface area contributed by atoms with E-state index in [0.29, 0.717) is 0 Å². The molecule has 86 valence electrons. The molecule has 0 radical (unpaired) electrons. The molecule has 2 aromatic rings. The van der Waals surface area contributed by atoms with Crippen LogP contribution in [0.5, 0.6) is 0 Å². The van der Waals surface area contributed by atoms with Crippen LogP contribution in [0.4, 0.5) is 4.79 Å². The minimum Gasteiger partial charge on any atom is -0.465 e. The first kappa shape index (κ1) is 10.0. The molecule has 0 aromatic carbocycles. The smallest absolute Gasteiger partial charge is 0.405 e. The SMILES string of the molecule is O=C(O)NC1(c2ccc3ncccc3n2)CC1. The maximum Gasteiger partial charge on any atom is 0.405 e. The van der Waals surface area contributed by atoms with Crippen LogP contribution >= 0.6 is 0 Å². The predicted molar refractivity (Wildman–Crippen MR) is 61.6 cm³/mol. The van der Waals surface area contributed by atoms with Crippen LogP contribution in [0.3, 0.4) is 0 Å². The van der Waals surface area contributed by atoms with Gasteiger partial charge in [0.1, 0.15) is 0 Å². The number of carbonyl (C=O) groups is 1. The van der Waals surface area contributed by atoms with Crippen LogP contribution in [0.15, 0.2) is 30.5 Å². The Labute approximate surface area is 97.5 Å². The van der Waals surface area contributed by atoms with Crippen LogP contribution in [0.1, 0.15) is 18.5 Å². The fourth-order valence-corrected chi connectivity index (χ4v) is 2.00. The summed E-state index contributed by atoms with van der Waals surface area (Å²) in [5.74, 6) is 0. The molecule has 1 fully saturated rings. The largest absolute Gasteiger partial charge is 0.465 e. The number of rotatable bonds is 2. The van der Waals surface area contributed by atoms with Crippen LogP contribution < -0.4 is 5.32 Å². The monoisotopic (exact) mass is 229 g/mol. The van der Waals surface area contributed by atoms with Crippen molar-refractivity contribution in [2.75, 3.05) is 0 Å². The molecule has 0 spiro atoms. The highest BCUT2D eigenvalue weighted by molar-refractivity contribution is 5.74. The number of hydrogen-bond donors (Lipinski definition) is 2. The van der Waals surface area contributed by atoms with Gasteiger partial charge in [0.25, 0.3) is 0 Å². The van der Waals surface area contributed by atoms with E-state index in [1.165, 1.54) is 0 Å². The molecule has 5 nitrogen and oxygen atoms in total. The van der Waals surface area contributed by atoms with Gasteiger partial charge in [0.2, 0.25) is 0 Å². The molecule has 3 rings (SSSR count). The minimum absolute atomic E-state index is 0.476. The van der Waals surface area contributed by atoms with Gasteiger partial charge in [0, 0.05) is 6.20 Å². The molecule has 2 aromatic heterocycles. The van der Waals surface area contributed by atoms with Crippen molar-refractivity contribution in [3.8, 4) is 0 Å². The van der Waals surface area contributed by atoms with Gasteiger partial charge in [-0.3, -0.25) is 4.98 Å². The van der Waals surface area contributed by atoms with Crippen LogP contribution in [0, 0.1) is 0 Å². The van der Waals surface area contributed by atoms with E-state index < -0.39 is 11.6 Å². The first-order valence-corrected chi connectivity index (χ1v) is 5.43. The van der Waals surface area contributed by atoms with Gasteiger partial charge in [-0.15, -0.1) is 0 Å². The van der Waals surface area contributed by atoms with E-state index in [-0.39, 0.29) is 0 Å². The Morgan fingerprint density at radius 1 is 1.29 bits per heavy atom. The number of carboxylic acid groups (broad SMARTS) is 1. The summed E-state index contributed by atoms with van der Waals surface area (Å²) in [5.41, 5.74) is 1.92. The first-order valence-electron chi connectivity index (χ1n) is 5.43. The minimum atomic E-state index is -1.00. The van der Waals surface area contributed by atoms with Gasteiger partial charge >= 0.3 is 6.09 Å². The van der Waals surface area contributed by atoms with Crippen molar-refractivity contribution in [1.29, 1.82) is 0 Å². The van der Waals surface area contributed by atoms with Gasteiger partial charge in [-0.2, -0.15) is 0 Å². The first-order chi connectivity index (χ1) is 8.20. The van der Waals surface area contributed by atoms with Gasteiger partial charge in [-0.25, -0.2) is 9.78 Å². The lowest BCUT2D eigenvalue weighted by Gasteiger charge is -2.14. The van der Waals surface area contributed by atoms with E-state index in [1.807, 2.05) is 24.3 Å². The Bertz CT molecular complexity index is 593. The average molecular weight is 229 g/mol. The van der Waals surface area contributed by atoms with E-state index in [0.717, 1.165) is 29.6 Å². The second-order valence-corrected chi connectivity index (χ2v) is 4.25. The van der Waals surface area contributed by atoms with Gasteiger partial charge in [-0.05, 0) is 37.1 Å². The van der Waals surface area contributed by atoms with Gasteiger partial charge in [0.05, 0.1) is 22.3 Å². The Balaban J connectivity index is 2.03.